The number of hydrogen-bond acceptors (Lipinski definition) is 2. The third-order valence-corrected chi connectivity index (χ3v) is 4.05. The van der Waals surface area contributed by atoms with E-state index in [1.54, 1.807) is 12.3 Å². The summed E-state index contributed by atoms with van der Waals surface area (Å²) in [6, 6.07) is 5.58. The first-order valence-corrected chi connectivity index (χ1v) is 8.03. The third-order valence-electron chi connectivity index (χ3n) is 4.05. The highest BCUT2D eigenvalue weighted by molar-refractivity contribution is 6.03. The molecule has 1 aromatic carbocycles. The molecule has 0 heterocycles. The van der Waals surface area contributed by atoms with Gasteiger partial charge in [-0.05, 0) is 60.6 Å². The Morgan fingerprint density at radius 2 is 2.04 bits per heavy atom. The summed E-state index contributed by atoms with van der Waals surface area (Å²) >= 11 is 0. The van der Waals surface area contributed by atoms with Crippen LogP contribution in [0, 0.1) is 0 Å². The maximum Gasteiger partial charge on any atom is 0.280 e. The normalized spacial score (nSPS) is 14.7. The van der Waals surface area contributed by atoms with E-state index in [-0.39, 0.29) is 5.96 Å². The van der Waals surface area contributed by atoms with Gasteiger partial charge < -0.3 is 17.2 Å². The summed E-state index contributed by atoms with van der Waals surface area (Å²) in [5.41, 5.74) is 22.5. The van der Waals surface area contributed by atoms with Gasteiger partial charge in [0, 0.05) is 11.8 Å². The SMILES string of the molecule is CC/C=C\C(=C/N)C1=C(C)CCc2ccc(C(=O)N=C(N)N)cc21. The van der Waals surface area contributed by atoms with Crippen molar-refractivity contribution in [2.75, 3.05) is 0 Å². The predicted molar refractivity (Wildman–Crippen MR) is 99.2 cm³/mol. The number of carbonyl (C=O) groups is 1. The van der Waals surface area contributed by atoms with Gasteiger partial charge in [0.2, 0.25) is 0 Å². The standard InChI is InChI=1S/C19H24N4O/c1-3-4-5-15(11-20)17-12(2)6-7-13-8-9-14(10-16(13)17)18(24)23-19(21)22/h4-5,8-11H,3,6-7,20H2,1-2H3,(H4,21,22,23,24)/b5-4-,15-11+. The van der Waals surface area contributed by atoms with Crippen molar-refractivity contribution in [2.24, 2.45) is 22.2 Å². The first-order valence-electron chi connectivity index (χ1n) is 8.03. The van der Waals surface area contributed by atoms with Crippen LogP contribution in [0.4, 0.5) is 0 Å². The van der Waals surface area contributed by atoms with Crippen LogP contribution in [0.5, 0.6) is 0 Å². The molecule has 0 atom stereocenters. The van der Waals surface area contributed by atoms with Crippen molar-refractivity contribution in [3.8, 4) is 0 Å². The number of aliphatic imine (C=N–C) groups is 1. The molecular formula is C19H24N4O. The number of benzene rings is 1. The Morgan fingerprint density at radius 1 is 1.29 bits per heavy atom. The van der Waals surface area contributed by atoms with E-state index in [9.17, 15) is 4.79 Å². The van der Waals surface area contributed by atoms with Crippen LogP contribution < -0.4 is 17.2 Å². The molecule has 0 aliphatic heterocycles. The molecule has 5 heteroatoms. The van der Waals surface area contributed by atoms with Gasteiger partial charge >= 0.3 is 0 Å². The summed E-state index contributed by atoms with van der Waals surface area (Å²) in [4.78, 5) is 15.7. The highest BCUT2D eigenvalue weighted by atomic mass is 16.1. The number of nitrogens with two attached hydrogens (primary N) is 3. The molecule has 1 aliphatic carbocycles. The first kappa shape index (κ1) is 17.5. The molecule has 1 aromatic rings. The Balaban J connectivity index is 2.55. The van der Waals surface area contributed by atoms with E-state index in [0.29, 0.717) is 5.56 Å². The topological polar surface area (TPSA) is 107 Å². The summed E-state index contributed by atoms with van der Waals surface area (Å²) in [5.74, 6) is -0.680. The van der Waals surface area contributed by atoms with E-state index >= 15 is 0 Å². The Hall–Kier alpha value is -2.82. The fraction of sp³-hybridized carbons (Fsp3) is 0.263. The fourth-order valence-corrected chi connectivity index (χ4v) is 2.89. The van der Waals surface area contributed by atoms with E-state index in [1.165, 1.54) is 11.1 Å². The zero-order chi connectivity index (χ0) is 17.7. The molecule has 0 bridgehead atoms. The minimum atomic E-state index is -0.442. The molecule has 0 unspecified atom stereocenters. The number of allylic oxidation sites excluding steroid dienone is 5. The lowest BCUT2D eigenvalue weighted by atomic mass is 9.81. The Labute approximate surface area is 142 Å². The lowest BCUT2D eigenvalue weighted by molar-refractivity contribution is 0.100. The van der Waals surface area contributed by atoms with Crippen LogP contribution in [0.3, 0.4) is 0 Å². The van der Waals surface area contributed by atoms with Crippen LogP contribution in [-0.2, 0) is 6.42 Å². The lowest BCUT2D eigenvalue weighted by Gasteiger charge is -2.23. The van der Waals surface area contributed by atoms with Gasteiger partial charge in [-0.25, -0.2) is 0 Å². The van der Waals surface area contributed by atoms with E-state index in [2.05, 4.69) is 24.9 Å². The van der Waals surface area contributed by atoms with Crippen LogP contribution in [0.15, 0.2) is 52.7 Å². The van der Waals surface area contributed by atoms with Crippen LogP contribution in [0.1, 0.15) is 48.2 Å². The second-order valence-electron chi connectivity index (χ2n) is 5.80. The van der Waals surface area contributed by atoms with Gasteiger partial charge in [0.15, 0.2) is 5.96 Å². The smallest absolute Gasteiger partial charge is 0.280 e. The fourth-order valence-electron chi connectivity index (χ4n) is 2.89. The molecule has 1 amide bonds. The van der Waals surface area contributed by atoms with Crippen LogP contribution in [0.2, 0.25) is 0 Å². The molecule has 24 heavy (non-hydrogen) atoms. The van der Waals surface area contributed by atoms with Crippen LogP contribution in [-0.4, -0.2) is 11.9 Å². The molecule has 0 spiro atoms. The highest BCUT2D eigenvalue weighted by Crippen LogP contribution is 2.37. The third kappa shape index (κ3) is 3.74. The summed E-state index contributed by atoms with van der Waals surface area (Å²) in [6.07, 6.45) is 8.56. The second kappa shape index (κ2) is 7.64. The number of hydrogen-bond donors (Lipinski definition) is 3. The number of rotatable bonds is 4. The van der Waals surface area contributed by atoms with E-state index in [0.717, 1.165) is 36.0 Å². The molecule has 0 radical (unpaired) electrons. The van der Waals surface area contributed by atoms with E-state index in [4.69, 9.17) is 17.2 Å². The van der Waals surface area contributed by atoms with Gasteiger partial charge in [0.25, 0.3) is 5.91 Å². The van der Waals surface area contributed by atoms with Crippen molar-refractivity contribution in [1.82, 2.24) is 0 Å². The second-order valence-corrected chi connectivity index (χ2v) is 5.80. The number of nitrogens with zero attached hydrogens (tertiary/aromatic N) is 1. The Bertz CT molecular complexity index is 766. The highest BCUT2D eigenvalue weighted by Gasteiger charge is 2.20. The van der Waals surface area contributed by atoms with Gasteiger partial charge in [-0.1, -0.05) is 30.7 Å². The number of aryl methyl sites for hydroxylation is 1. The molecule has 6 N–H and O–H groups in total. The maximum absolute atomic E-state index is 12.1. The maximum atomic E-state index is 12.1. The van der Waals surface area contributed by atoms with Gasteiger partial charge in [-0.2, -0.15) is 4.99 Å². The monoisotopic (exact) mass is 324 g/mol. The molecule has 0 fully saturated rings. The zero-order valence-corrected chi connectivity index (χ0v) is 14.2. The summed E-state index contributed by atoms with van der Waals surface area (Å²) in [5, 5.41) is 0. The van der Waals surface area contributed by atoms with Gasteiger partial charge in [0.05, 0.1) is 0 Å². The molecule has 0 saturated heterocycles. The number of amides is 1. The summed E-state index contributed by atoms with van der Waals surface area (Å²) in [7, 11) is 0. The Morgan fingerprint density at radius 3 is 2.67 bits per heavy atom. The Kier molecular flexibility index (Phi) is 5.58. The van der Waals surface area contributed by atoms with Crippen LogP contribution >= 0.6 is 0 Å². The zero-order valence-electron chi connectivity index (χ0n) is 14.2. The predicted octanol–water partition coefficient (Wildman–Crippen LogP) is 2.63. The van der Waals surface area contributed by atoms with Crippen molar-refractivity contribution >= 4 is 17.4 Å². The van der Waals surface area contributed by atoms with Gasteiger partial charge in [0.1, 0.15) is 0 Å². The van der Waals surface area contributed by atoms with Crippen molar-refractivity contribution in [2.45, 2.75) is 33.1 Å². The average Bonchev–Trinajstić information content (AvgIpc) is 2.55. The molecule has 5 nitrogen and oxygen atoms in total. The van der Waals surface area contributed by atoms with Gasteiger partial charge in [-0.15, -0.1) is 0 Å². The molecular weight excluding hydrogens is 300 g/mol. The van der Waals surface area contributed by atoms with Crippen molar-refractivity contribution in [3.05, 3.63) is 64.4 Å². The quantitative estimate of drug-likeness (QED) is 0.449. The number of fused-ring (bicyclic) bond motifs is 1. The minimum absolute atomic E-state index is 0.238. The molecule has 0 aromatic heterocycles. The van der Waals surface area contributed by atoms with E-state index in [1.807, 2.05) is 18.2 Å². The van der Waals surface area contributed by atoms with Crippen LogP contribution in [0.25, 0.3) is 5.57 Å². The summed E-state index contributed by atoms with van der Waals surface area (Å²) in [6.45, 7) is 4.18. The number of carbonyl (C=O) groups excluding carboxylic acids is 1. The molecule has 0 saturated carbocycles. The van der Waals surface area contributed by atoms with Gasteiger partial charge in [-0.3, -0.25) is 4.79 Å². The van der Waals surface area contributed by atoms with Crippen molar-refractivity contribution < 1.29 is 4.79 Å². The molecule has 126 valence electrons. The lowest BCUT2D eigenvalue weighted by Crippen LogP contribution is -2.24. The van der Waals surface area contributed by atoms with E-state index < -0.39 is 5.91 Å². The van der Waals surface area contributed by atoms with Crippen molar-refractivity contribution in [3.63, 3.8) is 0 Å². The molecule has 2 rings (SSSR count). The number of guanidine groups is 1. The minimum Gasteiger partial charge on any atom is -0.404 e. The summed E-state index contributed by atoms with van der Waals surface area (Å²) < 4.78 is 0. The average molecular weight is 324 g/mol. The molecule has 1 aliphatic rings. The van der Waals surface area contributed by atoms with Crippen molar-refractivity contribution in [1.29, 1.82) is 0 Å². The first-order chi connectivity index (χ1) is 11.5. The largest absolute Gasteiger partial charge is 0.404 e.